The van der Waals surface area contributed by atoms with Crippen LogP contribution in [0.3, 0.4) is 0 Å². The van der Waals surface area contributed by atoms with Crippen molar-refractivity contribution in [2.45, 2.75) is 58.4 Å². The Balaban J connectivity index is 1.45. The molecule has 0 bridgehead atoms. The predicted molar refractivity (Wildman–Crippen MR) is 101 cm³/mol. The van der Waals surface area contributed by atoms with Crippen LogP contribution >= 0.6 is 0 Å². The van der Waals surface area contributed by atoms with Crippen molar-refractivity contribution in [1.29, 1.82) is 0 Å². The zero-order chi connectivity index (χ0) is 18.1. The second-order valence-corrected chi connectivity index (χ2v) is 7.77. The van der Waals surface area contributed by atoms with E-state index < -0.39 is 0 Å². The van der Waals surface area contributed by atoms with Gasteiger partial charge in [0.25, 0.3) is 5.76 Å². The number of hydrogen-bond acceptors (Lipinski definition) is 3. The van der Waals surface area contributed by atoms with Crippen LogP contribution < -0.4 is 0 Å². The maximum Gasteiger partial charge on any atom is 0.333 e. The molecular formula is C22H28N2O2. The van der Waals surface area contributed by atoms with Crippen LogP contribution in [0.25, 0.3) is 0 Å². The first-order valence-corrected chi connectivity index (χ1v) is 10.1. The van der Waals surface area contributed by atoms with Gasteiger partial charge in [0.05, 0.1) is 6.04 Å². The van der Waals surface area contributed by atoms with Gasteiger partial charge in [-0.05, 0) is 51.2 Å². The highest BCUT2D eigenvalue weighted by atomic mass is 16.7. The van der Waals surface area contributed by atoms with Crippen molar-refractivity contribution in [3.63, 3.8) is 0 Å². The molecule has 26 heavy (non-hydrogen) atoms. The summed E-state index contributed by atoms with van der Waals surface area (Å²) in [6.45, 7) is 6.35. The van der Waals surface area contributed by atoms with Gasteiger partial charge in [-0.25, -0.2) is 0 Å². The number of likely N-dealkylation sites (N-methyl/N-ethyl adjacent to an activating group) is 1. The summed E-state index contributed by atoms with van der Waals surface area (Å²) in [5, 5.41) is 1.57. The van der Waals surface area contributed by atoms with Crippen molar-refractivity contribution in [3.05, 3.63) is 47.2 Å². The Kier molecular flexibility index (Phi) is 4.56. The molecule has 3 aliphatic carbocycles. The first-order valence-electron chi connectivity index (χ1n) is 10.1. The average molecular weight is 352 g/mol. The van der Waals surface area contributed by atoms with Gasteiger partial charge in [0.1, 0.15) is 0 Å². The summed E-state index contributed by atoms with van der Waals surface area (Å²) in [5.41, 5.74) is 7.67. The molecule has 0 radical (unpaired) electrons. The summed E-state index contributed by atoms with van der Waals surface area (Å²) in [4.78, 5) is 20.4. The number of nitrogens with zero attached hydrogens (tertiary/aromatic N) is 2. The Morgan fingerprint density at radius 3 is 2.81 bits per heavy atom. The minimum Gasteiger partial charge on any atom is -0.372 e. The van der Waals surface area contributed by atoms with E-state index in [1.165, 1.54) is 25.0 Å². The lowest BCUT2D eigenvalue weighted by Crippen LogP contribution is -2.50. The van der Waals surface area contributed by atoms with Crippen LogP contribution in [0.4, 0.5) is 0 Å². The number of allylic oxidation sites excluding steroid dienone is 2. The Labute approximate surface area is 156 Å². The molecule has 138 valence electrons. The summed E-state index contributed by atoms with van der Waals surface area (Å²) in [5.74, 6) is 0.821. The second kappa shape index (κ2) is 6.87. The van der Waals surface area contributed by atoms with Crippen molar-refractivity contribution in [2.24, 2.45) is 11.3 Å². The monoisotopic (exact) mass is 352 g/mol. The fourth-order valence-corrected chi connectivity index (χ4v) is 4.32. The van der Waals surface area contributed by atoms with Crippen LogP contribution in [-0.2, 0) is 9.63 Å². The summed E-state index contributed by atoms with van der Waals surface area (Å²) < 4.78 is 0. The number of hydroxylamine groups is 2. The van der Waals surface area contributed by atoms with Gasteiger partial charge < -0.3 is 9.74 Å². The molecule has 1 saturated heterocycles. The topological polar surface area (TPSA) is 32.8 Å². The summed E-state index contributed by atoms with van der Waals surface area (Å²) in [6, 6.07) is 0.258. The molecule has 1 aliphatic heterocycles. The van der Waals surface area contributed by atoms with E-state index in [1.54, 1.807) is 5.06 Å². The number of rotatable bonds is 5. The van der Waals surface area contributed by atoms with Gasteiger partial charge in [0.15, 0.2) is 0 Å². The largest absolute Gasteiger partial charge is 0.372 e. The van der Waals surface area contributed by atoms with Crippen LogP contribution in [0.1, 0.15) is 52.4 Å². The zero-order valence-corrected chi connectivity index (χ0v) is 15.8. The average Bonchev–Trinajstić information content (AvgIpc) is 3.36. The molecule has 1 amide bonds. The first-order chi connectivity index (χ1) is 12.7. The van der Waals surface area contributed by atoms with E-state index in [0.717, 1.165) is 32.4 Å². The Bertz CT molecular complexity index is 742. The summed E-state index contributed by atoms with van der Waals surface area (Å²) in [7, 11) is 0. The van der Waals surface area contributed by atoms with Crippen molar-refractivity contribution in [2.75, 3.05) is 13.1 Å². The minimum atomic E-state index is -0.0483. The first kappa shape index (κ1) is 17.3. The number of hydrogen-bond donors (Lipinski definition) is 0. The minimum absolute atomic E-state index is 0.00531. The molecule has 2 atom stereocenters. The van der Waals surface area contributed by atoms with Crippen molar-refractivity contribution in [3.8, 4) is 0 Å². The number of carbonyl (C=O) groups is 1. The van der Waals surface area contributed by atoms with Crippen LogP contribution in [0.15, 0.2) is 47.2 Å². The van der Waals surface area contributed by atoms with E-state index >= 15 is 0 Å². The SMILES string of the molecule is CCN(CC)C1=CC2CC2(C=C=C2ON(C3CCCCC3)C2=O)C=C=C1. The highest BCUT2D eigenvalue weighted by Crippen LogP contribution is 2.57. The highest BCUT2D eigenvalue weighted by molar-refractivity contribution is 5.94. The number of fused-ring (bicyclic) bond motifs is 1. The molecule has 4 nitrogen and oxygen atoms in total. The van der Waals surface area contributed by atoms with E-state index in [4.69, 9.17) is 4.84 Å². The molecule has 4 heteroatoms. The standard InChI is InChI=1S/C22H28N2O2/c1-3-23(4-2)19-11-8-13-22(16-17(22)15-19)14-12-20-21(25)24(26-20)18-9-6-5-7-10-18/h11,13-15,17-18H,3-7,9-10,16H2,1-2H3. The molecule has 0 aromatic heterocycles. The molecule has 0 aromatic rings. The molecule has 0 aromatic carbocycles. The molecule has 2 saturated carbocycles. The molecule has 1 heterocycles. The van der Waals surface area contributed by atoms with E-state index in [9.17, 15) is 4.79 Å². The van der Waals surface area contributed by atoms with Crippen molar-refractivity contribution in [1.82, 2.24) is 9.96 Å². The van der Waals surface area contributed by atoms with E-state index in [-0.39, 0.29) is 17.4 Å². The normalized spacial score (nSPS) is 29.8. The molecule has 4 rings (SSSR count). The Morgan fingerprint density at radius 1 is 1.35 bits per heavy atom. The van der Waals surface area contributed by atoms with E-state index in [0.29, 0.717) is 11.7 Å². The van der Waals surface area contributed by atoms with Crippen LogP contribution in [0, 0.1) is 11.3 Å². The van der Waals surface area contributed by atoms with E-state index in [1.807, 2.05) is 6.08 Å². The maximum atomic E-state index is 12.4. The Morgan fingerprint density at radius 2 is 2.12 bits per heavy atom. The Hall–Kier alpha value is -2.15. The van der Waals surface area contributed by atoms with Crippen molar-refractivity contribution < 1.29 is 9.63 Å². The fourth-order valence-electron chi connectivity index (χ4n) is 4.32. The lowest BCUT2D eigenvalue weighted by molar-refractivity contribution is -0.224. The molecule has 3 fully saturated rings. The summed E-state index contributed by atoms with van der Waals surface area (Å²) >= 11 is 0. The third kappa shape index (κ3) is 3.05. The molecule has 4 aliphatic rings. The quantitative estimate of drug-likeness (QED) is 0.552. The van der Waals surface area contributed by atoms with Crippen LogP contribution in [0.2, 0.25) is 0 Å². The molecule has 2 unspecified atom stereocenters. The number of amides is 1. The molecular weight excluding hydrogens is 324 g/mol. The fraction of sp³-hybridized carbons (Fsp3) is 0.591. The molecule has 0 spiro atoms. The summed E-state index contributed by atoms with van der Waals surface area (Å²) in [6.07, 6.45) is 15.4. The van der Waals surface area contributed by atoms with Crippen LogP contribution in [0.5, 0.6) is 0 Å². The van der Waals surface area contributed by atoms with Gasteiger partial charge in [-0.3, -0.25) is 4.79 Å². The van der Waals surface area contributed by atoms with Gasteiger partial charge >= 0.3 is 5.91 Å². The zero-order valence-electron chi connectivity index (χ0n) is 15.8. The lowest BCUT2D eigenvalue weighted by Gasteiger charge is -2.38. The van der Waals surface area contributed by atoms with Gasteiger partial charge in [0, 0.05) is 30.3 Å². The van der Waals surface area contributed by atoms with E-state index in [2.05, 4.69) is 48.4 Å². The predicted octanol–water partition coefficient (Wildman–Crippen LogP) is 4.09. The van der Waals surface area contributed by atoms with Gasteiger partial charge in [-0.1, -0.05) is 31.1 Å². The smallest absolute Gasteiger partial charge is 0.333 e. The third-order valence-corrected chi connectivity index (χ3v) is 6.15. The van der Waals surface area contributed by atoms with Gasteiger partial charge in [-0.15, -0.1) is 5.73 Å². The van der Waals surface area contributed by atoms with Crippen molar-refractivity contribution >= 4 is 5.91 Å². The number of carbonyl (C=O) groups excluding carboxylic acids is 1. The third-order valence-electron chi connectivity index (χ3n) is 6.15. The molecule has 0 N–H and O–H groups in total. The lowest BCUT2D eigenvalue weighted by atomic mass is 9.95. The highest BCUT2D eigenvalue weighted by Gasteiger charge is 2.50. The van der Waals surface area contributed by atoms with Gasteiger partial charge in [-0.2, -0.15) is 5.06 Å². The second-order valence-electron chi connectivity index (χ2n) is 7.77. The maximum absolute atomic E-state index is 12.4. The van der Waals surface area contributed by atoms with Gasteiger partial charge in [0.2, 0.25) is 0 Å². The van der Waals surface area contributed by atoms with Crippen LogP contribution in [-0.4, -0.2) is 35.0 Å².